The Morgan fingerprint density at radius 3 is 2.46 bits per heavy atom. The minimum absolute atomic E-state index is 0.0462. The van der Waals surface area contributed by atoms with Gasteiger partial charge in [0.05, 0.1) is 11.5 Å². The molecule has 0 unspecified atom stereocenters. The first-order valence-electron chi connectivity index (χ1n) is 9.22. The maximum Gasteiger partial charge on any atom is 0.266 e. The standard InChI is InChI=1S/C22H23NO3S2/c1-4-23-21(24)20(28-22(23)27)13-17-10-11-18(19(12-17)25-5-2)26-14-16-8-6-15(3)7-9-16/h6-13H,4-5,14H2,1-3H3/b20-13+. The van der Waals surface area contributed by atoms with Crippen molar-refractivity contribution in [1.82, 2.24) is 4.90 Å². The van der Waals surface area contributed by atoms with Crippen LogP contribution in [-0.2, 0) is 11.4 Å². The van der Waals surface area contributed by atoms with Crippen molar-refractivity contribution < 1.29 is 14.3 Å². The van der Waals surface area contributed by atoms with Crippen molar-refractivity contribution in [3.05, 3.63) is 64.1 Å². The lowest BCUT2D eigenvalue weighted by molar-refractivity contribution is -0.121. The molecule has 6 heteroatoms. The van der Waals surface area contributed by atoms with E-state index < -0.39 is 0 Å². The van der Waals surface area contributed by atoms with Crippen LogP contribution in [0.5, 0.6) is 11.5 Å². The van der Waals surface area contributed by atoms with E-state index in [0.29, 0.717) is 40.5 Å². The maximum atomic E-state index is 12.4. The summed E-state index contributed by atoms with van der Waals surface area (Å²) < 4.78 is 12.3. The van der Waals surface area contributed by atoms with Crippen LogP contribution in [-0.4, -0.2) is 28.3 Å². The van der Waals surface area contributed by atoms with E-state index in [9.17, 15) is 4.79 Å². The quantitative estimate of drug-likeness (QED) is 0.461. The first-order valence-corrected chi connectivity index (χ1v) is 10.4. The lowest BCUT2D eigenvalue weighted by Crippen LogP contribution is -2.27. The molecule has 0 atom stereocenters. The molecular weight excluding hydrogens is 390 g/mol. The van der Waals surface area contributed by atoms with Crippen LogP contribution in [0.2, 0.25) is 0 Å². The summed E-state index contributed by atoms with van der Waals surface area (Å²) >= 11 is 6.60. The van der Waals surface area contributed by atoms with Crippen LogP contribution in [0.1, 0.15) is 30.5 Å². The van der Waals surface area contributed by atoms with Crippen LogP contribution in [0.15, 0.2) is 47.4 Å². The molecule has 4 nitrogen and oxygen atoms in total. The number of thiocarbonyl (C=S) groups is 1. The molecule has 0 spiro atoms. The summed E-state index contributed by atoms with van der Waals surface area (Å²) in [5, 5.41) is 0. The molecule has 0 N–H and O–H groups in total. The molecule has 1 fully saturated rings. The molecule has 1 saturated heterocycles. The zero-order chi connectivity index (χ0) is 20.1. The van der Waals surface area contributed by atoms with Gasteiger partial charge < -0.3 is 9.47 Å². The normalized spacial score (nSPS) is 15.4. The lowest BCUT2D eigenvalue weighted by atomic mass is 10.1. The van der Waals surface area contributed by atoms with E-state index in [1.165, 1.54) is 17.3 Å². The highest BCUT2D eigenvalue weighted by Crippen LogP contribution is 2.35. The number of hydrogen-bond donors (Lipinski definition) is 0. The van der Waals surface area contributed by atoms with Gasteiger partial charge in [0.25, 0.3) is 5.91 Å². The zero-order valence-electron chi connectivity index (χ0n) is 16.2. The Morgan fingerprint density at radius 2 is 1.82 bits per heavy atom. The Labute approximate surface area is 175 Å². The van der Waals surface area contributed by atoms with Crippen molar-refractivity contribution in [2.75, 3.05) is 13.2 Å². The van der Waals surface area contributed by atoms with Gasteiger partial charge in [-0.15, -0.1) is 0 Å². The van der Waals surface area contributed by atoms with Gasteiger partial charge in [0.1, 0.15) is 10.9 Å². The number of amides is 1. The minimum atomic E-state index is -0.0462. The molecule has 2 aromatic carbocycles. The predicted octanol–water partition coefficient (Wildman–Crippen LogP) is 5.19. The van der Waals surface area contributed by atoms with E-state index in [-0.39, 0.29) is 5.91 Å². The third-order valence-electron chi connectivity index (χ3n) is 4.27. The van der Waals surface area contributed by atoms with Gasteiger partial charge in [0, 0.05) is 6.54 Å². The van der Waals surface area contributed by atoms with Crippen LogP contribution < -0.4 is 9.47 Å². The molecule has 2 aromatic rings. The zero-order valence-corrected chi connectivity index (χ0v) is 17.9. The van der Waals surface area contributed by atoms with Gasteiger partial charge in [-0.3, -0.25) is 9.69 Å². The van der Waals surface area contributed by atoms with E-state index in [2.05, 4.69) is 31.2 Å². The summed E-state index contributed by atoms with van der Waals surface area (Å²) in [4.78, 5) is 14.6. The summed E-state index contributed by atoms with van der Waals surface area (Å²) in [5.41, 5.74) is 3.19. The molecule has 3 rings (SSSR count). The molecular formula is C22H23NO3S2. The van der Waals surface area contributed by atoms with Crippen molar-refractivity contribution in [2.24, 2.45) is 0 Å². The highest BCUT2D eigenvalue weighted by atomic mass is 32.2. The molecule has 146 valence electrons. The number of nitrogens with zero attached hydrogens (tertiary/aromatic N) is 1. The molecule has 0 radical (unpaired) electrons. The topological polar surface area (TPSA) is 38.8 Å². The van der Waals surface area contributed by atoms with Gasteiger partial charge in [-0.05, 0) is 50.1 Å². The van der Waals surface area contributed by atoms with E-state index in [0.717, 1.165) is 11.1 Å². The van der Waals surface area contributed by atoms with E-state index in [1.807, 2.05) is 38.1 Å². The van der Waals surface area contributed by atoms with E-state index in [1.54, 1.807) is 4.90 Å². The molecule has 1 aliphatic heterocycles. The lowest BCUT2D eigenvalue weighted by Gasteiger charge is -2.13. The largest absolute Gasteiger partial charge is 0.490 e. The molecule has 28 heavy (non-hydrogen) atoms. The fraction of sp³-hybridized carbons (Fsp3) is 0.273. The Kier molecular flexibility index (Phi) is 6.75. The summed E-state index contributed by atoms with van der Waals surface area (Å²) in [6.07, 6.45) is 1.85. The van der Waals surface area contributed by atoms with Crippen molar-refractivity contribution in [1.29, 1.82) is 0 Å². The molecule has 1 amide bonds. The number of likely N-dealkylation sites (N-methyl/N-ethyl adjacent to an activating group) is 1. The second-order valence-electron chi connectivity index (χ2n) is 6.34. The van der Waals surface area contributed by atoms with Gasteiger partial charge in [0.2, 0.25) is 0 Å². The molecule has 0 saturated carbocycles. The molecule has 1 aliphatic rings. The number of ether oxygens (including phenoxy) is 2. The maximum absolute atomic E-state index is 12.4. The average Bonchev–Trinajstić information content (AvgIpc) is 2.95. The molecule has 1 heterocycles. The van der Waals surface area contributed by atoms with Crippen molar-refractivity contribution >= 4 is 40.3 Å². The van der Waals surface area contributed by atoms with Crippen LogP contribution in [0.25, 0.3) is 6.08 Å². The second-order valence-corrected chi connectivity index (χ2v) is 8.02. The summed E-state index contributed by atoms with van der Waals surface area (Å²) in [7, 11) is 0. The Balaban J connectivity index is 1.79. The first-order chi connectivity index (χ1) is 13.5. The van der Waals surface area contributed by atoms with Crippen molar-refractivity contribution in [2.45, 2.75) is 27.4 Å². The minimum Gasteiger partial charge on any atom is -0.490 e. The number of rotatable bonds is 7. The van der Waals surface area contributed by atoms with Crippen LogP contribution in [0.3, 0.4) is 0 Å². The van der Waals surface area contributed by atoms with Crippen LogP contribution in [0.4, 0.5) is 0 Å². The number of hydrogen-bond acceptors (Lipinski definition) is 5. The third-order valence-corrected chi connectivity index (χ3v) is 5.65. The smallest absolute Gasteiger partial charge is 0.266 e. The molecule has 0 aliphatic carbocycles. The number of carbonyl (C=O) groups is 1. The summed E-state index contributed by atoms with van der Waals surface area (Å²) in [6, 6.07) is 13.9. The molecule has 0 aromatic heterocycles. The number of benzene rings is 2. The third kappa shape index (κ3) is 4.75. The van der Waals surface area contributed by atoms with Gasteiger partial charge in [-0.25, -0.2) is 0 Å². The Morgan fingerprint density at radius 1 is 1.07 bits per heavy atom. The van der Waals surface area contributed by atoms with Crippen LogP contribution >= 0.6 is 24.0 Å². The molecule has 0 bridgehead atoms. The summed E-state index contributed by atoms with van der Waals surface area (Å²) in [5.74, 6) is 1.30. The van der Waals surface area contributed by atoms with E-state index >= 15 is 0 Å². The fourth-order valence-electron chi connectivity index (χ4n) is 2.77. The Hall–Kier alpha value is -2.31. The van der Waals surface area contributed by atoms with Gasteiger partial charge >= 0.3 is 0 Å². The summed E-state index contributed by atoms with van der Waals surface area (Å²) in [6.45, 7) is 7.49. The monoisotopic (exact) mass is 413 g/mol. The van der Waals surface area contributed by atoms with Gasteiger partial charge in [0.15, 0.2) is 11.5 Å². The van der Waals surface area contributed by atoms with Gasteiger partial charge in [-0.2, -0.15) is 0 Å². The average molecular weight is 414 g/mol. The van der Waals surface area contributed by atoms with Crippen molar-refractivity contribution in [3.8, 4) is 11.5 Å². The number of thioether (sulfide) groups is 1. The Bertz CT molecular complexity index is 906. The number of aryl methyl sites for hydroxylation is 1. The SMILES string of the molecule is CCOc1cc(/C=C2/SC(=S)N(CC)C2=O)ccc1OCc1ccc(C)cc1. The predicted molar refractivity (Wildman–Crippen MR) is 119 cm³/mol. The highest BCUT2D eigenvalue weighted by molar-refractivity contribution is 8.26. The number of carbonyl (C=O) groups excluding carboxylic acids is 1. The fourth-order valence-corrected chi connectivity index (χ4v) is 4.16. The van der Waals surface area contributed by atoms with Gasteiger partial charge in [-0.1, -0.05) is 59.9 Å². The van der Waals surface area contributed by atoms with Crippen molar-refractivity contribution in [3.63, 3.8) is 0 Å². The second kappa shape index (κ2) is 9.26. The first kappa shape index (κ1) is 20.4. The highest BCUT2D eigenvalue weighted by Gasteiger charge is 2.30. The van der Waals surface area contributed by atoms with Crippen LogP contribution in [0, 0.1) is 6.92 Å². The van der Waals surface area contributed by atoms with E-state index in [4.69, 9.17) is 21.7 Å².